The Morgan fingerprint density at radius 3 is 2.58 bits per heavy atom. The molecular weight excluding hydrogens is 349 g/mol. The molecule has 2 saturated heterocycles. The molecular formula is C14H19F3N2O4S. The third kappa shape index (κ3) is 3.03. The zero-order valence-electron chi connectivity index (χ0n) is 12.9. The van der Waals surface area contributed by atoms with E-state index in [9.17, 15) is 31.2 Å². The highest BCUT2D eigenvalue weighted by Gasteiger charge is 2.71. The minimum Gasteiger partial charge on any atom is -0.352 e. The van der Waals surface area contributed by atoms with E-state index in [2.05, 4.69) is 11.9 Å². The Morgan fingerprint density at radius 1 is 1.38 bits per heavy atom. The summed E-state index contributed by atoms with van der Waals surface area (Å²) in [6.45, 7) is 2.10. The van der Waals surface area contributed by atoms with Crippen molar-refractivity contribution in [2.24, 2.45) is 5.92 Å². The van der Waals surface area contributed by atoms with Gasteiger partial charge in [-0.05, 0) is 18.9 Å². The average molecular weight is 368 g/mol. The number of hydrogen-bond donors (Lipinski definition) is 1. The summed E-state index contributed by atoms with van der Waals surface area (Å²) in [5.74, 6) is -2.75. The SMILES string of the molecule is C=CC(=O)NCCC(=O)N1CC2CCCS(=O)(=O)C2(C(F)(F)F)C1. The molecule has 0 spiro atoms. The number of hydrogen-bond acceptors (Lipinski definition) is 4. The van der Waals surface area contributed by atoms with Crippen molar-refractivity contribution in [1.82, 2.24) is 10.2 Å². The second kappa shape index (κ2) is 6.38. The van der Waals surface area contributed by atoms with E-state index in [4.69, 9.17) is 0 Å². The molecule has 2 heterocycles. The Morgan fingerprint density at radius 2 is 2.04 bits per heavy atom. The van der Waals surface area contributed by atoms with Crippen LogP contribution < -0.4 is 5.32 Å². The number of likely N-dealkylation sites (tertiary alicyclic amines) is 1. The van der Waals surface area contributed by atoms with Gasteiger partial charge in [0.25, 0.3) is 0 Å². The molecule has 0 aliphatic carbocycles. The van der Waals surface area contributed by atoms with Crippen LogP contribution in [0, 0.1) is 5.92 Å². The van der Waals surface area contributed by atoms with Gasteiger partial charge in [0.15, 0.2) is 14.6 Å². The summed E-state index contributed by atoms with van der Waals surface area (Å²) in [4.78, 5) is 24.1. The van der Waals surface area contributed by atoms with E-state index in [-0.39, 0.29) is 32.4 Å². The number of amides is 2. The first-order valence-corrected chi connectivity index (χ1v) is 9.17. The summed E-state index contributed by atoms with van der Waals surface area (Å²) >= 11 is 0. The van der Waals surface area contributed by atoms with Gasteiger partial charge in [-0.3, -0.25) is 9.59 Å². The summed E-state index contributed by atoms with van der Waals surface area (Å²) in [5, 5.41) is 2.36. The van der Waals surface area contributed by atoms with E-state index < -0.39 is 50.8 Å². The largest absolute Gasteiger partial charge is 0.410 e. The van der Waals surface area contributed by atoms with Crippen LogP contribution in [0.15, 0.2) is 12.7 Å². The first-order valence-electron chi connectivity index (χ1n) is 7.52. The minimum atomic E-state index is -4.93. The Balaban J connectivity index is 2.16. The van der Waals surface area contributed by atoms with Crippen molar-refractivity contribution >= 4 is 21.7 Å². The number of nitrogens with zero attached hydrogens (tertiary/aromatic N) is 1. The van der Waals surface area contributed by atoms with Crippen molar-refractivity contribution < 1.29 is 31.2 Å². The highest BCUT2D eigenvalue weighted by molar-refractivity contribution is 7.93. The summed E-state index contributed by atoms with van der Waals surface area (Å²) in [5.41, 5.74) is 0. The van der Waals surface area contributed by atoms with Crippen molar-refractivity contribution in [3.8, 4) is 0 Å². The van der Waals surface area contributed by atoms with E-state index in [1.54, 1.807) is 0 Å². The predicted octanol–water partition coefficient (Wildman–Crippen LogP) is 0.647. The maximum Gasteiger partial charge on any atom is 0.410 e. The molecule has 136 valence electrons. The molecule has 0 radical (unpaired) electrons. The van der Waals surface area contributed by atoms with Crippen LogP contribution in [0.2, 0.25) is 0 Å². The number of carbonyl (C=O) groups is 2. The topological polar surface area (TPSA) is 83.6 Å². The molecule has 24 heavy (non-hydrogen) atoms. The zero-order chi connectivity index (χ0) is 18.2. The molecule has 0 aromatic rings. The molecule has 0 aromatic carbocycles. The predicted molar refractivity (Wildman–Crippen MR) is 79.7 cm³/mol. The number of halogens is 3. The lowest BCUT2D eigenvalue weighted by atomic mass is 9.90. The van der Waals surface area contributed by atoms with Crippen molar-refractivity contribution in [3.05, 3.63) is 12.7 Å². The fraction of sp³-hybridized carbons (Fsp3) is 0.714. The molecule has 0 saturated carbocycles. The number of rotatable bonds is 4. The molecule has 2 atom stereocenters. The van der Waals surface area contributed by atoms with Crippen LogP contribution in [0.25, 0.3) is 0 Å². The van der Waals surface area contributed by atoms with Gasteiger partial charge in [-0.25, -0.2) is 8.42 Å². The molecule has 2 unspecified atom stereocenters. The van der Waals surface area contributed by atoms with Gasteiger partial charge in [-0.15, -0.1) is 0 Å². The van der Waals surface area contributed by atoms with Crippen LogP contribution >= 0.6 is 0 Å². The van der Waals surface area contributed by atoms with Crippen LogP contribution in [0.4, 0.5) is 13.2 Å². The number of sulfone groups is 1. The lowest BCUT2D eigenvalue weighted by Gasteiger charge is -2.38. The third-order valence-corrected chi connectivity index (χ3v) is 7.33. The monoisotopic (exact) mass is 368 g/mol. The van der Waals surface area contributed by atoms with E-state index >= 15 is 0 Å². The highest BCUT2D eigenvalue weighted by Crippen LogP contribution is 2.51. The Bertz CT molecular complexity index is 647. The molecule has 10 heteroatoms. The van der Waals surface area contributed by atoms with E-state index in [1.807, 2.05) is 0 Å². The van der Waals surface area contributed by atoms with Gasteiger partial charge in [-0.2, -0.15) is 13.2 Å². The van der Waals surface area contributed by atoms with Gasteiger partial charge in [0.2, 0.25) is 11.8 Å². The lowest BCUT2D eigenvalue weighted by molar-refractivity contribution is -0.169. The molecule has 1 N–H and O–H groups in total. The van der Waals surface area contributed by atoms with Gasteiger partial charge in [0.1, 0.15) is 0 Å². The molecule has 2 aliphatic heterocycles. The van der Waals surface area contributed by atoms with E-state index in [0.717, 1.165) is 11.0 Å². The molecule has 0 bridgehead atoms. The molecule has 6 nitrogen and oxygen atoms in total. The number of fused-ring (bicyclic) bond motifs is 1. The quantitative estimate of drug-likeness (QED) is 0.739. The smallest absolute Gasteiger partial charge is 0.352 e. The first-order chi connectivity index (χ1) is 11.0. The van der Waals surface area contributed by atoms with Crippen LogP contribution in [-0.2, 0) is 19.4 Å². The van der Waals surface area contributed by atoms with Gasteiger partial charge in [0.05, 0.1) is 5.75 Å². The Labute approximate surface area is 138 Å². The zero-order valence-corrected chi connectivity index (χ0v) is 13.8. The van der Waals surface area contributed by atoms with Gasteiger partial charge >= 0.3 is 6.18 Å². The van der Waals surface area contributed by atoms with Gasteiger partial charge in [0, 0.05) is 32.0 Å². The number of nitrogens with one attached hydrogen (secondary N) is 1. The van der Waals surface area contributed by atoms with Crippen molar-refractivity contribution in [3.63, 3.8) is 0 Å². The number of carbonyl (C=O) groups excluding carboxylic acids is 2. The summed E-state index contributed by atoms with van der Waals surface area (Å²) < 4.78 is 62.5. The van der Waals surface area contributed by atoms with Gasteiger partial charge < -0.3 is 10.2 Å². The van der Waals surface area contributed by atoms with Crippen LogP contribution in [0.5, 0.6) is 0 Å². The standard InChI is InChI=1S/C14H19F3N2O4S/c1-2-11(20)18-6-5-12(21)19-8-10-4-3-7-24(22,23)13(10,9-19)14(15,16)17/h2,10H,1,3-9H2,(H,18,20). The summed E-state index contributed by atoms with van der Waals surface area (Å²) in [6, 6.07) is 0. The minimum absolute atomic E-state index is 0.0450. The Kier molecular flexibility index (Phi) is 4.98. The molecule has 2 aliphatic rings. The van der Waals surface area contributed by atoms with Crippen LogP contribution in [0.3, 0.4) is 0 Å². The Hall–Kier alpha value is -1.58. The lowest BCUT2D eigenvalue weighted by Crippen LogP contribution is -2.60. The summed E-state index contributed by atoms with van der Waals surface area (Å²) in [6.07, 6.45) is -3.82. The summed E-state index contributed by atoms with van der Waals surface area (Å²) in [7, 11) is -4.39. The molecule has 2 amide bonds. The first kappa shape index (κ1) is 18.8. The highest BCUT2D eigenvalue weighted by atomic mass is 32.2. The average Bonchev–Trinajstić information content (AvgIpc) is 2.88. The van der Waals surface area contributed by atoms with Crippen molar-refractivity contribution in [1.29, 1.82) is 0 Å². The fourth-order valence-electron chi connectivity index (χ4n) is 3.48. The maximum absolute atomic E-state index is 13.6. The van der Waals surface area contributed by atoms with Crippen LogP contribution in [-0.4, -0.2) is 61.4 Å². The van der Waals surface area contributed by atoms with Crippen LogP contribution in [0.1, 0.15) is 19.3 Å². The van der Waals surface area contributed by atoms with E-state index in [1.165, 1.54) is 0 Å². The normalized spacial score (nSPS) is 29.0. The maximum atomic E-state index is 13.6. The van der Waals surface area contributed by atoms with E-state index in [0.29, 0.717) is 0 Å². The van der Waals surface area contributed by atoms with Gasteiger partial charge in [-0.1, -0.05) is 6.58 Å². The molecule has 2 fully saturated rings. The fourth-order valence-corrected chi connectivity index (χ4v) is 5.80. The third-order valence-electron chi connectivity index (χ3n) is 4.70. The molecule has 0 aromatic heterocycles. The van der Waals surface area contributed by atoms with Crippen molar-refractivity contribution in [2.45, 2.75) is 30.2 Å². The molecule has 2 rings (SSSR count). The second-order valence-corrected chi connectivity index (χ2v) is 8.43. The number of alkyl halides is 3. The van der Waals surface area contributed by atoms with Crippen molar-refractivity contribution in [2.75, 3.05) is 25.4 Å². The second-order valence-electron chi connectivity index (χ2n) is 6.06.